The van der Waals surface area contributed by atoms with Crippen LogP contribution in [0.5, 0.6) is 0 Å². The van der Waals surface area contributed by atoms with E-state index in [0.29, 0.717) is 5.02 Å². The fraction of sp³-hybridized carbons (Fsp3) is 0.250. The van der Waals surface area contributed by atoms with E-state index in [9.17, 15) is 5.11 Å². The van der Waals surface area contributed by atoms with Gasteiger partial charge in [-0.25, -0.2) is 4.68 Å². The van der Waals surface area contributed by atoms with Crippen molar-refractivity contribution in [1.82, 2.24) is 9.78 Å². The fourth-order valence-electron chi connectivity index (χ4n) is 1.76. The molecule has 84 valence electrons. The average molecular weight is 237 g/mol. The first-order valence-corrected chi connectivity index (χ1v) is 5.43. The summed E-state index contributed by atoms with van der Waals surface area (Å²) >= 11 is 6.11. The highest BCUT2D eigenvalue weighted by Gasteiger charge is 2.13. The van der Waals surface area contributed by atoms with Gasteiger partial charge in [0.15, 0.2) is 0 Å². The molecule has 0 aliphatic carbocycles. The number of aromatic nitrogens is 2. The number of benzene rings is 1. The first-order valence-electron chi connectivity index (χ1n) is 5.06. The standard InChI is InChI=1S/C12H13ClN2O/c1-8-10(7-16)9(2)15(14-8)12-6-4-3-5-11(12)13/h3-6,16H,7H2,1-2H3. The van der Waals surface area contributed by atoms with E-state index < -0.39 is 0 Å². The van der Waals surface area contributed by atoms with Crippen LogP contribution < -0.4 is 0 Å². The third-order valence-electron chi connectivity index (χ3n) is 2.68. The van der Waals surface area contributed by atoms with Gasteiger partial charge in [-0.3, -0.25) is 0 Å². The summed E-state index contributed by atoms with van der Waals surface area (Å²) in [5.41, 5.74) is 3.46. The third-order valence-corrected chi connectivity index (χ3v) is 3.00. The summed E-state index contributed by atoms with van der Waals surface area (Å²) in [7, 11) is 0. The van der Waals surface area contributed by atoms with Crippen LogP contribution in [-0.4, -0.2) is 14.9 Å². The van der Waals surface area contributed by atoms with E-state index in [2.05, 4.69) is 5.10 Å². The molecule has 0 radical (unpaired) electrons. The minimum absolute atomic E-state index is 0.00210. The fourth-order valence-corrected chi connectivity index (χ4v) is 1.98. The van der Waals surface area contributed by atoms with Crippen molar-refractivity contribution in [3.63, 3.8) is 0 Å². The minimum Gasteiger partial charge on any atom is -0.392 e. The molecule has 0 fully saturated rings. The maximum absolute atomic E-state index is 9.24. The Labute approximate surface area is 99.3 Å². The van der Waals surface area contributed by atoms with Crippen LogP contribution in [0.1, 0.15) is 17.0 Å². The van der Waals surface area contributed by atoms with Gasteiger partial charge >= 0.3 is 0 Å². The lowest BCUT2D eigenvalue weighted by Crippen LogP contribution is -2.00. The second-order valence-electron chi connectivity index (χ2n) is 3.67. The summed E-state index contributed by atoms with van der Waals surface area (Å²) in [4.78, 5) is 0. The van der Waals surface area contributed by atoms with Crippen LogP contribution in [-0.2, 0) is 6.61 Å². The van der Waals surface area contributed by atoms with Gasteiger partial charge < -0.3 is 5.11 Å². The summed E-state index contributed by atoms with van der Waals surface area (Å²) in [5, 5.41) is 14.3. The Morgan fingerprint density at radius 1 is 1.31 bits per heavy atom. The number of aliphatic hydroxyl groups excluding tert-OH is 1. The van der Waals surface area contributed by atoms with Crippen LogP contribution in [0.25, 0.3) is 5.69 Å². The van der Waals surface area contributed by atoms with Crippen molar-refractivity contribution in [3.05, 3.63) is 46.2 Å². The molecule has 2 aromatic rings. The molecule has 0 atom stereocenters. The zero-order valence-electron chi connectivity index (χ0n) is 9.24. The van der Waals surface area contributed by atoms with Gasteiger partial charge in [-0.1, -0.05) is 23.7 Å². The topological polar surface area (TPSA) is 38.0 Å². The van der Waals surface area contributed by atoms with Crippen molar-refractivity contribution in [2.75, 3.05) is 0 Å². The van der Waals surface area contributed by atoms with E-state index in [0.717, 1.165) is 22.6 Å². The lowest BCUT2D eigenvalue weighted by molar-refractivity contribution is 0.280. The van der Waals surface area contributed by atoms with E-state index in [1.807, 2.05) is 38.1 Å². The number of hydrogen-bond donors (Lipinski definition) is 1. The highest BCUT2D eigenvalue weighted by atomic mass is 35.5. The molecule has 16 heavy (non-hydrogen) atoms. The minimum atomic E-state index is 0.00210. The number of rotatable bonds is 2. The first-order chi connectivity index (χ1) is 7.65. The van der Waals surface area contributed by atoms with Gasteiger partial charge in [0.05, 0.1) is 23.0 Å². The number of halogens is 1. The van der Waals surface area contributed by atoms with Crippen LogP contribution in [0, 0.1) is 13.8 Å². The van der Waals surface area contributed by atoms with Crippen molar-refractivity contribution in [3.8, 4) is 5.69 Å². The van der Waals surface area contributed by atoms with Gasteiger partial charge in [0.25, 0.3) is 0 Å². The van der Waals surface area contributed by atoms with Gasteiger partial charge in [0.1, 0.15) is 0 Å². The molecule has 0 aliphatic rings. The Bertz CT molecular complexity index is 520. The van der Waals surface area contributed by atoms with Crippen molar-refractivity contribution in [2.45, 2.75) is 20.5 Å². The summed E-state index contributed by atoms with van der Waals surface area (Å²) in [5.74, 6) is 0. The molecular weight excluding hydrogens is 224 g/mol. The molecule has 0 amide bonds. The second kappa shape index (κ2) is 4.28. The van der Waals surface area contributed by atoms with E-state index in [1.165, 1.54) is 0 Å². The average Bonchev–Trinajstić information content (AvgIpc) is 2.55. The quantitative estimate of drug-likeness (QED) is 0.871. The van der Waals surface area contributed by atoms with E-state index in [1.54, 1.807) is 4.68 Å². The van der Waals surface area contributed by atoms with Crippen LogP contribution >= 0.6 is 11.6 Å². The number of aryl methyl sites for hydroxylation is 1. The Hall–Kier alpha value is -1.32. The van der Waals surface area contributed by atoms with Crippen molar-refractivity contribution in [2.24, 2.45) is 0 Å². The van der Waals surface area contributed by atoms with E-state index in [4.69, 9.17) is 11.6 Å². The van der Waals surface area contributed by atoms with Gasteiger partial charge in [-0.15, -0.1) is 0 Å². The van der Waals surface area contributed by atoms with E-state index >= 15 is 0 Å². The molecule has 1 heterocycles. The molecular formula is C12H13ClN2O. The molecule has 0 unspecified atom stereocenters. The van der Waals surface area contributed by atoms with Gasteiger partial charge in [0, 0.05) is 11.3 Å². The number of nitrogens with zero attached hydrogens (tertiary/aromatic N) is 2. The van der Waals surface area contributed by atoms with Crippen LogP contribution in [0.3, 0.4) is 0 Å². The number of para-hydroxylation sites is 1. The Kier molecular flexibility index (Phi) is 2.99. The van der Waals surface area contributed by atoms with Gasteiger partial charge in [-0.2, -0.15) is 5.10 Å². The van der Waals surface area contributed by atoms with E-state index in [-0.39, 0.29) is 6.61 Å². The molecule has 0 aliphatic heterocycles. The SMILES string of the molecule is Cc1nn(-c2ccccc2Cl)c(C)c1CO. The Morgan fingerprint density at radius 2 is 2.00 bits per heavy atom. The molecule has 1 N–H and O–H groups in total. The zero-order valence-corrected chi connectivity index (χ0v) is 9.99. The molecule has 2 rings (SSSR count). The van der Waals surface area contributed by atoms with Crippen molar-refractivity contribution in [1.29, 1.82) is 0 Å². The van der Waals surface area contributed by atoms with Crippen molar-refractivity contribution < 1.29 is 5.11 Å². The van der Waals surface area contributed by atoms with Crippen LogP contribution in [0.2, 0.25) is 5.02 Å². The third kappa shape index (κ3) is 1.72. The highest BCUT2D eigenvalue weighted by Crippen LogP contribution is 2.23. The lowest BCUT2D eigenvalue weighted by Gasteiger charge is -2.06. The molecule has 4 heteroatoms. The summed E-state index contributed by atoms with van der Waals surface area (Å²) in [6.45, 7) is 3.81. The van der Waals surface area contributed by atoms with Gasteiger partial charge in [0.2, 0.25) is 0 Å². The van der Waals surface area contributed by atoms with Crippen LogP contribution in [0.15, 0.2) is 24.3 Å². The zero-order chi connectivity index (χ0) is 11.7. The monoisotopic (exact) mass is 236 g/mol. The highest BCUT2D eigenvalue weighted by molar-refractivity contribution is 6.32. The molecule has 1 aromatic heterocycles. The maximum atomic E-state index is 9.24. The van der Waals surface area contributed by atoms with Crippen molar-refractivity contribution >= 4 is 11.6 Å². The number of aliphatic hydroxyl groups is 1. The smallest absolute Gasteiger partial charge is 0.0835 e. The first kappa shape index (κ1) is 11.2. The Morgan fingerprint density at radius 3 is 2.56 bits per heavy atom. The summed E-state index contributed by atoms with van der Waals surface area (Å²) in [6.07, 6.45) is 0. The molecule has 0 saturated heterocycles. The van der Waals surface area contributed by atoms with Crippen LogP contribution in [0.4, 0.5) is 0 Å². The largest absolute Gasteiger partial charge is 0.392 e. The second-order valence-corrected chi connectivity index (χ2v) is 4.08. The summed E-state index contributed by atoms with van der Waals surface area (Å²) < 4.78 is 1.77. The number of hydrogen-bond acceptors (Lipinski definition) is 2. The molecule has 3 nitrogen and oxygen atoms in total. The summed E-state index contributed by atoms with van der Waals surface area (Å²) in [6, 6.07) is 7.52. The Balaban J connectivity index is 2.62. The predicted molar refractivity (Wildman–Crippen MR) is 64.0 cm³/mol. The van der Waals surface area contributed by atoms with Gasteiger partial charge in [-0.05, 0) is 26.0 Å². The molecule has 1 aromatic carbocycles. The normalized spacial score (nSPS) is 10.8. The lowest BCUT2D eigenvalue weighted by atomic mass is 10.2. The maximum Gasteiger partial charge on any atom is 0.0835 e. The molecule has 0 saturated carbocycles. The molecule has 0 bridgehead atoms. The molecule has 0 spiro atoms. The predicted octanol–water partition coefficient (Wildman–Crippen LogP) is 2.63.